The van der Waals surface area contributed by atoms with Crippen LogP contribution in [0.25, 0.3) is 5.00 Å². The third kappa shape index (κ3) is 2.88. The first-order chi connectivity index (χ1) is 9.00. The van der Waals surface area contributed by atoms with Crippen molar-refractivity contribution in [2.24, 2.45) is 0 Å². The number of aryl methyl sites for hydroxylation is 2. The van der Waals surface area contributed by atoms with Crippen molar-refractivity contribution in [2.45, 2.75) is 26.9 Å². The highest BCUT2D eigenvalue weighted by molar-refractivity contribution is 7.13. The zero-order valence-corrected chi connectivity index (χ0v) is 12.1. The molecule has 5 heteroatoms. The molecule has 2 aromatic rings. The first-order valence-corrected chi connectivity index (χ1v) is 7.07. The molecule has 4 nitrogen and oxygen atoms in total. The van der Waals surface area contributed by atoms with E-state index in [2.05, 4.69) is 9.88 Å². The number of aliphatic hydroxyl groups excluding tert-OH is 1. The van der Waals surface area contributed by atoms with Crippen LogP contribution in [-0.2, 0) is 0 Å². The Morgan fingerprint density at radius 2 is 2.00 bits per heavy atom. The molecule has 1 atom stereocenters. The van der Waals surface area contributed by atoms with Crippen molar-refractivity contribution in [3.8, 4) is 5.00 Å². The Morgan fingerprint density at radius 1 is 1.37 bits per heavy atom. The Bertz CT molecular complexity index is 565. The van der Waals surface area contributed by atoms with E-state index in [0.29, 0.717) is 5.56 Å². The summed E-state index contributed by atoms with van der Waals surface area (Å²) in [4.78, 5) is 12.1. The zero-order chi connectivity index (χ0) is 14.0. The molecule has 0 aliphatic carbocycles. The number of thiophene rings is 1. The summed E-state index contributed by atoms with van der Waals surface area (Å²) in [5, 5.41) is 14.8. The van der Waals surface area contributed by atoms with Gasteiger partial charge in [-0.2, -0.15) is 0 Å². The van der Waals surface area contributed by atoms with Crippen molar-refractivity contribution in [2.75, 3.05) is 6.54 Å². The molecule has 2 N–H and O–H groups in total. The molecule has 1 unspecified atom stereocenters. The fourth-order valence-corrected chi connectivity index (χ4v) is 2.99. The van der Waals surface area contributed by atoms with E-state index in [-0.39, 0.29) is 12.5 Å². The summed E-state index contributed by atoms with van der Waals surface area (Å²) >= 11 is 1.54. The van der Waals surface area contributed by atoms with Crippen LogP contribution in [0.15, 0.2) is 23.6 Å². The number of hydrogen-bond acceptors (Lipinski definition) is 3. The first kappa shape index (κ1) is 13.8. The van der Waals surface area contributed by atoms with Crippen LogP contribution in [0.3, 0.4) is 0 Å². The molecule has 19 heavy (non-hydrogen) atoms. The van der Waals surface area contributed by atoms with Gasteiger partial charge in [-0.15, -0.1) is 11.3 Å². The summed E-state index contributed by atoms with van der Waals surface area (Å²) in [7, 11) is 0. The molecule has 0 saturated heterocycles. The van der Waals surface area contributed by atoms with Gasteiger partial charge in [0.1, 0.15) is 5.00 Å². The molecule has 0 radical (unpaired) electrons. The lowest BCUT2D eigenvalue weighted by molar-refractivity contribution is 0.0924. The van der Waals surface area contributed by atoms with Crippen molar-refractivity contribution < 1.29 is 9.90 Å². The third-order valence-corrected chi connectivity index (χ3v) is 3.82. The summed E-state index contributed by atoms with van der Waals surface area (Å²) < 4.78 is 2.07. The molecule has 0 saturated carbocycles. The Labute approximate surface area is 116 Å². The highest BCUT2D eigenvalue weighted by atomic mass is 32.1. The molecular formula is C14H18N2O2S. The van der Waals surface area contributed by atoms with Crippen LogP contribution in [0.5, 0.6) is 0 Å². The number of hydrogen-bond donors (Lipinski definition) is 2. The van der Waals surface area contributed by atoms with E-state index >= 15 is 0 Å². The minimum Gasteiger partial charge on any atom is -0.392 e. The average molecular weight is 278 g/mol. The number of aromatic nitrogens is 1. The number of amides is 1. The fraction of sp³-hybridized carbons (Fsp3) is 0.357. The van der Waals surface area contributed by atoms with E-state index in [1.807, 2.05) is 37.4 Å². The van der Waals surface area contributed by atoms with E-state index in [1.54, 1.807) is 6.92 Å². The molecule has 1 amide bonds. The maximum absolute atomic E-state index is 12.1. The standard InChI is InChI=1S/C14H18N2O2S/c1-9-4-5-10(2)16(9)14-12(6-7-19-14)13(18)15-8-11(3)17/h4-7,11,17H,8H2,1-3H3,(H,15,18). The molecule has 2 heterocycles. The van der Waals surface area contributed by atoms with Crippen molar-refractivity contribution in [3.63, 3.8) is 0 Å². The van der Waals surface area contributed by atoms with Crippen LogP contribution in [0.2, 0.25) is 0 Å². The van der Waals surface area contributed by atoms with Gasteiger partial charge in [-0.05, 0) is 44.4 Å². The number of nitrogens with zero attached hydrogens (tertiary/aromatic N) is 1. The lowest BCUT2D eigenvalue weighted by Crippen LogP contribution is -2.30. The second-order valence-corrected chi connectivity index (χ2v) is 5.54. The molecule has 2 aromatic heterocycles. The van der Waals surface area contributed by atoms with Gasteiger partial charge in [0.25, 0.3) is 5.91 Å². The summed E-state index contributed by atoms with van der Waals surface area (Å²) in [6.07, 6.45) is -0.541. The smallest absolute Gasteiger partial charge is 0.254 e. The van der Waals surface area contributed by atoms with Crippen LogP contribution in [0.4, 0.5) is 0 Å². The van der Waals surface area contributed by atoms with Crippen molar-refractivity contribution in [3.05, 3.63) is 40.5 Å². The van der Waals surface area contributed by atoms with E-state index < -0.39 is 6.10 Å². The largest absolute Gasteiger partial charge is 0.392 e. The molecule has 102 valence electrons. The quantitative estimate of drug-likeness (QED) is 0.901. The number of nitrogens with one attached hydrogen (secondary N) is 1. The van der Waals surface area contributed by atoms with Gasteiger partial charge in [0.15, 0.2) is 0 Å². The summed E-state index contributed by atoms with van der Waals surface area (Å²) in [6.45, 7) is 5.95. The highest BCUT2D eigenvalue weighted by Crippen LogP contribution is 2.25. The van der Waals surface area contributed by atoms with Crippen LogP contribution in [0, 0.1) is 13.8 Å². The van der Waals surface area contributed by atoms with Gasteiger partial charge < -0.3 is 15.0 Å². The van der Waals surface area contributed by atoms with Gasteiger partial charge in [-0.3, -0.25) is 4.79 Å². The molecule has 0 aromatic carbocycles. The van der Waals surface area contributed by atoms with Gasteiger partial charge in [0, 0.05) is 17.9 Å². The molecule has 2 rings (SSSR count). The van der Waals surface area contributed by atoms with Gasteiger partial charge in [-0.1, -0.05) is 0 Å². The van der Waals surface area contributed by atoms with Crippen molar-refractivity contribution in [1.29, 1.82) is 0 Å². The second-order valence-electron chi connectivity index (χ2n) is 4.65. The number of aliphatic hydroxyl groups is 1. The minimum absolute atomic E-state index is 0.148. The maximum Gasteiger partial charge on any atom is 0.254 e. The van der Waals surface area contributed by atoms with Gasteiger partial charge in [0.05, 0.1) is 11.7 Å². The monoisotopic (exact) mass is 278 g/mol. The minimum atomic E-state index is -0.541. The van der Waals surface area contributed by atoms with Gasteiger partial charge in [0.2, 0.25) is 0 Å². The Hall–Kier alpha value is -1.59. The van der Waals surface area contributed by atoms with Crippen LogP contribution < -0.4 is 5.32 Å². The van der Waals surface area contributed by atoms with Gasteiger partial charge in [-0.25, -0.2) is 0 Å². The second kappa shape index (κ2) is 5.59. The topological polar surface area (TPSA) is 54.3 Å². The molecule has 0 spiro atoms. The zero-order valence-electron chi connectivity index (χ0n) is 11.3. The third-order valence-electron chi connectivity index (χ3n) is 2.92. The lowest BCUT2D eigenvalue weighted by Gasteiger charge is -2.11. The Balaban J connectivity index is 2.30. The lowest BCUT2D eigenvalue weighted by atomic mass is 10.2. The maximum atomic E-state index is 12.1. The molecule has 0 aliphatic heterocycles. The van der Waals surface area contributed by atoms with E-state index in [1.165, 1.54) is 11.3 Å². The molecule has 0 aliphatic rings. The van der Waals surface area contributed by atoms with Crippen LogP contribution >= 0.6 is 11.3 Å². The summed E-state index contributed by atoms with van der Waals surface area (Å²) in [5.41, 5.74) is 2.85. The molecule has 0 bridgehead atoms. The predicted molar refractivity (Wildman–Crippen MR) is 77.1 cm³/mol. The summed E-state index contributed by atoms with van der Waals surface area (Å²) in [6, 6.07) is 5.88. The van der Waals surface area contributed by atoms with Crippen molar-refractivity contribution >= 4 is 17.2 Å². The molecule has 0 fully saturated rings. The van der Waals surface area contributed by atoms with E-state index in [9.17, 15) is 9.90 Å². The Kier molecular flexibility index (Phi) is 4.07. The van der Waals surface area contributed by atoms with Crippen molar-refractivity contribution in [1.82, 2.24) is 9.88 Å². The fourth-order valence-electron chi connectivity index (χ4n) is 1.97. The average Bonchev–Trinajstić information content (AvgIpc) is 2.93. The molecular weight excluding hydrogens is 260 g/mol. The van der Waals surface area contributed by atoms with Crippen LogP contribution in [-0.4, -0.2) is 28.2 Å². The highest BCUT2D eigenvalue weighted by Gasteiger charge is 2.16. The normalized spacial score (nSPS) is 12.4. The first-order valence-electron chi connectivity index (χ1n) is 6.19. The Morgan fingerprint density at radius 3 is 2.58 bits per heavy atom. The number of carbonyl (C=O) groups excluding carboxylic acids is 1. The van der Waals surface area contributed by atoms with Crippen LogP contribution in [0.1, 0.15) is 28.7 Å². The summed E-state index contributed by atoms with van der Waals surface area (Å²) in [5.74, 6) is -0.148. The van der Waals surface area contributed by atoms with E-state index in [0.717, 1.165) is 16.4 Å². The SMILES string of the molecule is Cc1ccc(C)n1-c1sccc1C(=O)NCC(C)O. The van der Waals surface area contributed by atoms with Gasteiger partial charge >= 0.3 is 0 Å². The number of carbonyl (C=O) groups is 1. The predicted octanol–water partition coefficient (Wildman–Crippen LogP) is 2.27. The van der Waals surface area contributed by atoms with E-state index in [4.69, 9.17) is 0 Å². The number of rotatable bonds is 4.